The summed E-state index contributed by atoms with van der Waals surface area (Å²) in [5.41, 5.74) is 13.6. The fourth-order valence-corrected chi connectivity index (χ4v) is 11.1. The normalized spacial score (nSPS) is 11.7. The second kappa shape index (κ2) is 16.2. The van der Waals surface area contributed by atoms with E-state index in [2.05, 4.69) is 286 Å². The maximum Gasteiger partial charge on any atom is 0.0542 e. The summed E-state index contributed by atoms with van der Waals surface area (Å²) >= 11 is 0. The molecule has 0 N–H and O–H groups in total. The van der Waals surface area contributed by atoms with Crippen molar-refractivity contribution < 1.29 is 0 Å². The third-order valence-electron chi connectivity index (χ3n) is 14.2. The number of hydrogen-bond donors (Lipinski definition) is 0. The van der Waals surface area contributed by atoms with Crippen LogP contribution in [0.5, 0.6) is 0 Å². The summed E-state index contributed by atoms with van der Waals surface area (Å²) in [5.74, 6) is 0. The lowest BCUT2D eigenvalue weighted by Gasteiger charge is -2.27. The molecule has 0 amide bonds. The van der Waals surface area contributed by atoms with E-state index in [-0.39, 0.29) is 0 Å². The largest absolute Gasteiger partial charge is 0.310 e. The number of nitrogens with zero attached hydrogens (tertiary/aromatic N) is 4. The van der Waals surface area contributed by atoms with Crippen LogP contribution in [0.4, 0.5) is 34.1 Å². The molecule has 0 spiro atoms. The third kappa shape index (κ3) is 6.38. The Morgan fingerprint density at radius 1 is 0.214 bits per heavy atom. The second-order valence-electron chi connectivity index (χ2n) is 18.2. The van der Waals surface area contributed by atoms with Crippen LogP contribution in [0.15, 0.2) is 267 Å². The van der Waals surface area contributed by atoms with E-state index in [9.17, 15) is 0 Å². The van der Waals surface area contributed by atoms with Crippen LogP contribution in [0.1, 0.15) is 0 Å². The van der Waals surface area contributed by atoms with E-state index < -0.39 is 0 Å². The highest BCUT2D eigenvalue weighted by atomic mass is 15.1. The molecule has 0 fully saturated rings. The van der Waals surface area contributed by atoms with Crippen molar-refractivity contribution >= 4 is 110 Å². The Bertz CT molecular complexity index is 4010. The first kappa shape index (κ1) is 39.8. The first-order chi connectivity index (χ1) is 34.7. The summed E-state index contributed by atoms with van der Waals surface area (Å²) in [6, 6.07) is 97.3. The maximum absolute atomic E-state index is 2.41. The Hall–Kier alpha value is -9.38. The van der Waals surface area contributed by atoms with Gasteiger partial charge in [0.1, 0.15) is 0 Å². The van der Waals surface area contributed by atoms with Gasteiger partial charge in [0.15, 0.2) is 0 Å². The van der Waals surface area contributed by atoms with E-state index >= 15 is 0 Å². The number of benzene rings is 12. The van der Waals surface area contributed by atoms with Crippen LogP contribution in [0.25, 0.3) is 87.3 Å². The zero-order valence-electron chi connectivity index (χ0n) is 38.2. The second-order valence-corrected chi connectivity index (χ2v) is 18.2. The number of hydrogen-bond acceptors (Lipinski definition) is 2. The average molecular weight is 893 g/mol. The van der Waals surface area contributed by atoms with Gasteiger partial charge in [0.25, 0.3) is 0 Å². The Labute approximate surface area is 405 Å². The van der Waals surface area contributed by atoms with Gasteiger partial charge < -0.3 is 18.9 Å². The van der Waals surface area contributed by atoms with Crippen LogP contribution in [0, 0.1) is 0 Å². The van der Waals surface area contributed by atoms with Gasteiger partial charge in [0.2, 0.25) is 0 Å². The van der Waals surface area contributed by atoms with E-state index in [1.807, 2.05) is 0 Å². The van der Waals surface area contributed by atoms with Crippen LogP contribution in [0.3, 0.4) is 0 Å². The number of rotatable bonds is 8. The summed E-state index contributed by atoms with van der Waals surface area (Å²) < 4.78 is 4.76. The van der Waals surface area contributed by atoms with Gasteiger partial charge in [0, 0.05) is 67.0 Å². The van der Waals surface area contributed by atoms with Crippen molar-refractivity contribution in [2.75, 3.05) is 9.80 Å². The topological polar surface area (TPSA) is 16.3 Å². The van der Waals surface area contributed by atoms with Gasteiger partial charge in [-0.3, -0.25) is 0 Å². The van der Waals surface area contributed by atoms with Crippen LogP contribution < -0.4 is 9.80 Å². The zero-order valence-corrected chi connectivity index (χ0v) is 38.2. The molecular formula is C66H44N4. The van der Waals surface area contributed by atoms with E-state index in [0.29, 0.717) is 0 Å². The van der Waals surface area contributed by atoms with Gasteiger partial charge >= 0.3 is 0 Å². The number of aromatic nitrogens is 2. The van der Waals surface area contributed by atoms with E-state index in [0.717, 1.165) is 45.5 Å². The van der Waals surface area contributed by atoms with Gasteiger partial charge in [-0.2, -0.15) is 0 Å². The molecule has 0 atom stereocenters. The van der Waals surface area contributed by atoms with Crippen LogP contribution in [-0.2, 0) is 0 Å². The van der Waals surface area contributed by atoms with Crippen molar-refractivity contribution in [1.29, 1.82) is 0 Å². The summed E-state index contributed by atoms with van der Waals surface area (Å²) in [4.78, 5) is 4.82. The predicted octanol–water partition coefficient (Wildman–Crippen LogP) is 18.3. The molecule has 14 rings (SSSR count). The van der Waals surface area contributed by atoms with E-state index in [1.54, 1.807) is 0 Å². The minimum absolute atomic E-state index is 1.10. The van der Waals surface area contributed by atoms with Crippen LogP contribution in [0.2, 0.25) is 0 Å². The Balaban J connectivity index is 0.956. The molecule has 4 nitrogen and oxygen atoms in total. The third-order valence-corrected chi connectivity index (χ3v) is 14.2. The van der Waals surface area contributed by atoms with Crippen LogP contribution in [-0.4, -0.2) is 9.13 Å². The summed E-state index contributed by atoms with van der Waals surface area (Å²) in [5, 5.41) is 12.1. The molecule has 0 unspecified atom stereocenters. The van der Waals surface area contributed by atoms with Crippen molar-refractivity contribution in [2.24, 2.45) is 0 Å². The lowest BCUT2D eigenvalue weighted by Crippen LogP contribution is -2.10. The molecule has 14 aromatic rings. The van der Waals surface area contributed by atoms with Gasteiger partial charge in [-0.05, 0) is 154 Å². The molecule has 0 radical (unpaired) electrons. The molecule has 2 heterocycles. The van der Waals surface area contributed by atoms with Gasteiger partial charge in [-0.1, -0.05) is 146 Å². The van der Waals surface area contributed by atoms with Gasteiger partial charge in [-0.25, -0.2) is 0 Å². The van der Waals surface area contributed by atoms with Crippen molar-refractivity contribution in [3.63, 3.8) is 0 Å². The van der Waals surface area contributed by atoms with Crippen molar-refractivity contribution in [3.05, 3.63) is 267 Å². The smallest absolute Gasteiger partial charge is 0.0542 e. The number of fused-ring (bicyclic) bond motifs is 11. The average Bonchev–Trinajstić information content (AvgIpc) is 3.94. The monoisotopic (exact) mass is 892 g/mol. The van der Waals surface area contributed by atoms with Gasteiger partial charge in [-0.15, -0.1) is 0 Å². The molecule has 0 saturated heterocycles. The molecule has 0 saturated carbocycles. The molecular weight excluding hydrogens is 849 g/mol. The molecule has 0 bridgehead atoms. The SMILES string of the molecule is c1ccc(N(c2ccc3ccc4ccc5ccc(N(c6ccccc6)c6ccc7c(c6)c6ccccc6n7-c6ccccc6)cc5c4c3c2)c2ccc3c(c2)c2ccccc2n3-c2ccccc2)cc1. The number of anilines is 6. The molecule has 12 aromatic carbocycles. The quantitative estimate of drug-likeness (QED) is 0.141. The van der Waals surface area contributed by atoms with Gasteiger partial charge in [0.05, 0.1) is 22.1 Å². The maximum atomic E-state index is 2.41. The minimum atomic E-state index is 1.10. The van der Waals surface area contributed by atoms with Crippen LogP contribution >= 0.6 is 0 Å². The minimum Gasteiger partial charge on any atom is -0.310 e. The molecule has 0 aliphatic carbocycles. The lowest BCUT2D eigenvalue weighted by atomic mass is 9.95. The fourth-order valence-electron chi connectivity index (χ4n) is 11.1. The fraction of sp³-hybridized carbons (Fsp3) is 0. The first-order valence-corrected chi connectivity index (χ1v) is 24.0. The zero-order chi connectivity index (χ0) is 46.1. The van der Waals surface area contributed by atoms with Crippen molar-refractivity contribution in [1.82, 2.24) is 9.13 Å². The Kier molecular flexibility index (Phi) is 9.17. The first-order valence-electron chi connectivity index (χ1n) is 24.0. The lowest BCUT2D eigenvalue weighted by molar-refractivity contribution is 1.18. The molecule has 0 aliphatic rings. The Morgan fingerprint density at radius 3 is 0.957 bits per heavy atom. The predicted molar refractivity (Wildman–Crippen MR) is 297 cm³/mol. The summed E-state index contributed by atoms with van der Waals surface area (Å²) in [6.07, 6.45) is 0. The van der Waals surface area contributed by atoms with E-state index in [4.69, 9.17) is 0 Å². The summed E-state index contributed by atoms with van der Waals surface area (Å²) in [6.45, 7) is 0. The Morgan fingerprint density at radius 2 is 0.529 bits per heavy atom. The highest BCUT2D eigenvalue weighted by Crippen LogP contribution is 2.45. The molecule has 328 valence electrons. The molecule has 2 aromatic heterocycles. The standard InChI is InChI=1S/C66H44N4/c1-5-17-48(18-6-1)67(54-37-39-64-60(43-54)56-25-13-15-27-62(56)69(64)50-21-9-3-10-22-50)52-35-33-45-29-31-47-32-30-46-34-36-53(42-59(46)66(47)58(45)41-52)68(49-19-7-2-8-20-49)55-38-40-65-61(44-55)57-26-14-16-28-63(57)70(65)51-23-11-4-12-24-51/h1-44H. The summed E-state index contributed by atoms with van der Waals surface area (Å²) in [7, 11) is 0. The van der Waals surface area contributed by atoms with Crippen molar-refractivity contribution in [2.45, 2.75) is 0 Å². The highest BCUT2D eigenvalue weighted by molar-refractivity contribution is 6.22. The highest BCUT2D eigenvalue weighted by Gasteiger charge is 2.21. The number of para-hydroxylation sites is 6. The molecule has 4 heteroatoms. The van der Waals surface area contributed by atoms with E-state index in [1.165, 1.54) is 75.9 Å². The molecule has 70 heavy (non-hydrogen) atoms. The van der Waals surface area contributed by atoms with Crippen molar-refractivity contribution in [3.8, 4) is 11.4 Å². The molecule has 0 aliphatic heterocycles.